The van der Waals surface area contributed by atoms with Crippen molar-refractivity contribution in [1.82, 2.24) is 0 Å². The van der Waals surface area contributed by atoms with Crippen LogP contribution in [0.1, 0.15) is 0 Å². The molecule has 0 spiro atoms. The molecule has 1 aliphatic rings. The molecular formula is C5H9O5Pt. The van der Waals surface area contributed by atoms with Crippen molar-refractivity contribution in [2.24, 2.45) is 0 Å². The average Bonchev–Trinajstić information content (AvgIpc) is 1.95. The number of aliphatic hydroxyl groups is 4. The third kappa shape index (κ3) is 1.80. The van der Waals surface area contributed by atoms with Gasteiger partial charge in [0.05, 0.1) is 0 Å². The molecule has 4 atom stereocenters. The average molecular weight is 344 g/mol. The van der Waals surface area contributed by atoms with Crippen molar-refractivity contribution >= 4 is 0 Å². The van der Waals surface area contributed by atoms with Crippen LogP contribution in [0.5, 0.6) is 0 Å². The van der Waals surface area contributed by atoms with Gasteiger partial charge in [0.2, 0.25) is 0 Å². The van der Waals surface area contributed by atoms with E-state index in [2.05, 4.69) is 4.74 Å². The van der Waals surface area contributed by atoms with Gasteiger partial charge in [-0.15, -0.1) is 0 Å². The van der Waals surface area contributed by atoms with E-state index in [-0.39, 0.29) is 6.61 Å². The van der Waals surface area contributed by atoms with Crippen molar-refractivity contribution in [1.29, 1.82) is 0 Å². The Morgan fingerprint density at radius 2 is 1.91 bits per heavy atom. The number of rotatable bonds is 0. The molecule has 1 saturated heterocycles. The molecule has 6 heteroatoms. The molecule has 0 aromatic carbocycles. The van der Waals surface area contributed by atoms with Crippen molar-refractivity contribution in [2.45, 2.75) is 22.5 Å². The molecule has 1 rings (SSSR count). The Kier molecular flexibility index (Phi) is 2.69. The van der Waals surface area contributed by atoms with Gasteiger partial charge in [0.15, 0.2) is 0 Å². The normalized spacial score (nSPS) is 52.7. The third-order valence-electron chi connectivity index (χ3n) is 1.51. The van der Waals surface area contributed by atoms with E-state index in [0.717, 1.165) is 0 Å². The molecule has 0 radical (unpaired) electrons. The molecule has 0 aliphatic carbocycles. The summed E-state index contributed by atoms with van der Waals surface area (Å²) in [7, 11) is 0. The van der Waals surface area contributed by atoms with Crippen LogP contribution >= 0.6 is 0 Å². The topological polar surface area (TPSA) is 90.2 Å². The minimum atomic E-state index is -1.79. The van der Waals surface area contributed by atoms with E-state index in [1.54, 1.807) is 0 Å². The Hall–Kier alpha value is 0.488. The Bertz CT molecular complexity index is 150. The van der Waals surface area contributed by atoms with E-state index in [1.807, 2.05) is 0 Å². The zero-order chi connectivity index (χ0) is 8.65. The van der Waals surface area contributed by atoms with Gasteiger partial charge in [0.25, 0.3) is 0 Å². The van der Waals surface area contributed by atoms with Gasteiger partial charge >= 0.3 is 74.1 Å². The third-order valence-corrected chi connectivity index (χ3v) is 2.51. The molecule has 1 fully saturated rings. The SMILES string of the molecule is O[C@H]1[C@H](O)CO[C@](O)([Pt])[C@@H]1O. The monoisotopic (exact) mass is 344 g/mol. The van der Waals surface area contributed by atoms with E-state index in [0.29, 0.717) is 0 Å². The van der Waals surface area contributed by atoms with Gasteiger partial charge in [-0.1, -0.05) is 0 Å². The van der Waals surface area contributed by atoms with Crippen molar-refractivity contribution in [3.63, 3.8) is 0 Å². The summed E-state index contributed by atoms with van der Waals surface area (Å²) in [5.74, 6) is 0. The van der Waals surface area contributed by atoms with Gasteiger partial charge in [-0.05, 0) is 0 Å². The van der Waals surface area contributed by atoms with Gasteiger partial charge in [0.1, 0.15) is 0 Å². The molecule has 11 heavy (non-hydrogen) atoms. The molecule has 0 unspecified atom stereocenters. The minimum absolute atomic E-state index is 0.182. The van der Waals surface area contributed by atoms with Crippen LogP contribution in [0.4, 0.5) is 0 Å². The van der Waals surface area contributed by atoms with E-state index in [4.69, 9.17) is 15.3 Å². The van der Waals surface area contributed by atoms with Gasteiger partial charge in [-0.3, -0.25) is 0 Å². The molecule has 0 aromatic heterocycles. The van der Waals surface area contributed by atoms with E-state index in [9.17, 15) is 5.11 Å². The quantitative estimate of drug-likeness (QED) is 0.384. The fraction of sp³-hybridized carbons (Fsp3) is 1.00. The van der Waals surface area contributed by atoms with Gasteiger partial charge in [0, 0.05) is 0 Å². The number of aliphatic hydroxyl groups excluding tert-OH is 3. The molecular weight excluding hydrogens is 335 g/mol. The summed E-state index contributed by atoms with van der Waals surface area (Å²) >= 11 is 1.44. The maximum atomic E-state index is 9.18. The zero-order valence-corrected chi connectivity index (χ0v) is 7.72. The fourth-order valence-electron chi connectivity index (χ4n) is 0.792. The van der Waals surface area contributed by atoms with Gasteiger partial charge < -0.3 is 0 Å². The second kappa shape index (κ2) is 3.09. The molecule has 0 saturated carbocycles. The summed E-state index contributed by atoms with van der Waals surface area (Å²) in [4.78, 5) is 0. The van der Waals surface area contributed by atoms with Crippen LogP contribution in [0.25, 0.3) is 0 Å². The summed E-state index contributed by atoms with van der Waals surface area (Å²) in [5, 5.41) is 36.2. The van der Waals surface area contributed by atoms with Crippen LogP contribution in [-0.2, 0) is 24.6 Å². The van der Waals surface area contributed by atoms with Crippen LogP contribution < -0.4 is 0 Å². The first-order chi connectivity index (χ1) is 4.95. The Labute approximate surface area is 74.5 Å². The maximum absolute atomic E-state index is 9.18. The van der Waals surface area contributed by atoms with Gasteiger partial charge in [-0.25, -0.2) is 0 Å². The van der Waals surface area contributed by atoms with Crippen molar-refractivity contribution in [2.75, 3.05) is 6.61 Å². The Balaban J connectivity index is 2.67. The first kappa shape index (κ1) is 9.58. The second-order valence-electron chi connectivity index (χ2n) is 2.38. The fourth-order valence-corrected chi connectivity index (χ4v) is 1.37. The number of hydrogen-bond donors (Lipinski definition) is 4. The van der Waals surface area contributed by atoms with Crippen LogP contribution in [0.2, 0.25) is 0 Å². The molecule has 1 aliphatic heterocycles. The van der Waals surface area contributed by atoms with Crippen molar-refractivity contribution < 1.29 is 45.0 Å². The molecule has 1 heterocycles. The van der Waals surface area contributed by atoms with E-state index in [1.165, 1.54) is 19.8 Å². The molecule has 5 nitrogen and oxygen atoms in total. The molecule has 0 amide bonds. The van der Waals surface area contributed by atoms with E-state index < -0.39 is 22.5 Å². The molecule has 0 bridgehead atoms. The van der Waals surface area contributed by atoms with Crippen LogP contribution in [0.15, 0.2) is 0 Å². The van der Waals surface area contributed by atoms with Crippen molar-refractivity contribution in [3.05, 3.63) is 0 Å². The predicted molar refractivity (Wildman–Crippen MR) is 28.9 cm³/mol. The molecule has 0 aromatic rings. The van der Waals surface area contributed by atoms with Gasteiger partial charge in [-0.2, -0.15) is 0 Å². The molecule has 4 N–H and O–H groups in total. The predicted octanol–water partition coefficient (Wildman–Crippen LogP) is -2.71. The summed E-state index contributed by atoms with van der Waals surface area (Å²) in [6.07, 6.45) is -3.97. The summed E-state index contributed by atoms with van der Waals surface area (Å²) in [6, 6.07) is 0. The Morgan fingerprint density at radius 3 is 2.36 bits per heavy atom. The Morgan fingerprint density at radius 1 is 1.36 bits per heavy atom. The number of hydrogen-bond acceptors (Lipinski definition) is 5. The summed E-state index contributed by atoms with van der Waals surface area (Å²) in [6.45, 7) is -0.182. The standard InChI is InChI=1S/C5H9O5.Pt/c6-2-1-10-5(9)4(8)3(2)7;/h2-4,6-9H,1H2;/t2-,3+,4-;/m1./s1. The zero-order valence-electron chi connectivity index (χ0n) is 5.45. The van der Waals surface area contributed by atoms with E-state index >= 15 is 0 Å². The molecule has 69 valence electrons. The first-order valence-corrected chi connectivity index (χ1v) is 4.15. The summed E-state index contributed by atoms with van der Waals surface area (Å²) in [5.41, 5.74) is 0. The second-order valence-corrected chi connectivity index (χ2v) is 4.01. The van der Waals surface area contributed by atoms with Crippen LogP contribution in [0.3, 0.4) is 0 Å². The summed E-state index contributed by atoms with van der Waals surface area (Å²) < 4.78 is 2.85. The number of ether oxygens (including phenoxy) is 1. The van der Waals surface area contributed by atoms with Crippen LogP contribution in [0, 0.1) is 0 Å². The first-order valence-electron chi connectivity index (χ1n) is 3.01. The van der Waals surface area contributed by atoms with Crippen LogP contribution in [-0.4, -0.2) is 49.5 Å². The van der Waals surface area contributed by atoms with Crippen molar-refractivity contribution in [3.8, 4) is 0 Å².